The first kappa shape index (κ1) is 14.7. The maximum atomic E-state index is 12.5. The highest BCUT2D eigenvalue weighted by Crippen LogP contribution is 2.50. The minimum absolute atomic E-state index is 0.121. The van der Waals surface area contributed by atoms with Gasteiger partial charge in [-0.15, -0.1) is 0 Å². The van der Waals surface area contributed by atoms with Gasteiger partial charge in [-0.3, -0.25) is 4.79 Å². The molecule has 4 bridgehead atoms. The zero-order valence-corrected chi connectivity index (χ0v) is 14.2. The summed E-state index contributed by atoms with van der Waals surface area (Å²) in [7, 11) is 0. The second-order valence-electron chi connectivity index (χ2n) is 8.62. The highest BCUT2D eigenvalue weighted by molar-refractivity contribution is 5.90. The van der Waals surface area contributed by atoms with Crippen LogP contribution in [-0.2, 0) is 4.79 Å². The molecule has 0 spiro atoms. The van der Waals surface area contributed by atoms with E-state index in [9.17, 15) is 4.79 Å². The van der Waals surface area contributed by atoms with Gasteiger partial charge < -0.3 is 0 Å². The third-order valence-electron chi connectivity index (χ3n) is 6.87. The van der Waals surface area contributed by atoms with Crippen LogP contribution in [0.2, 0.25) is 0 Å². The zero-order valence-electron chi connectivity index (χ0n) is 14.2. The Morgan fingerprint density at radius 1 is 0.917 bits per heavy atom. The second-order valence-corrected chi connectivity index (χ2v) is 8.62. The van der Waals surface area contributed by atoms with E-state index in [0.717, 1.165) is 30.6 Å². The normalized spacial score (nSPS) is 41.2. The van der Waals surface area contributed by atoms with E-state index in [2.05, 4.69) is 34.8 Å². The molecule has 0 radical (unpaired) electrons. The molecule has 5 aliphatic rings. The number of rotatable bonds is 3. The van der Waals surface area contributed by atoms with Crippen LogP contribution in [0.5, 0.6) is 0 Å². The minimum Gasteiger partial charge on any atom is -0.273 e. The lowest BCUT2D eigenvalue weighted by Gasteiger charge is -2.37. The van der Waals surface area contributed by atoms with E-state index in [1.807, 2.05) is 6.07 Å². The Kier molecular flexibility index (Phi) is 3.50. The van der Waals surface area contributed by atoms with E-state index in [4.69, 9.17) is 0 Å². The summed E-state index contributed by atoms with van der Waals surface area (Å²) in [6, 6.07) is 10.4. The van der Waals surface area contributed by atoms with E-state index in [1.54, 1.807) is 0 Å². The van der Waals surface area contributed by atoms with Crippen LogP contribution in [0.15, 0.2) is 35.4 Å². The SMILES string of the molecule is O=C(N/N=C1/CC2C[C@H]3CC1C[C@H](C2)C3)[C@@H]1C[C@H]1c1ccccc1. The Balaban J connectivity index is 1.24. The second kappa shape index (κ2) is 5.72. The monoisotopic (exact) mass is 322 g/mol. The van der Waals surface area contributed by atoms with Gasteiger partial charge in [0.2, 0.25) is 5.91 Å². The van der Waals surface area contributed by atoms with Crippen molar-refractivity contribution in [1.82, 2.24) is 5.43 Å². The molecule has 0 aromatic heterocycles. The van der Waals surface area contributed by atoms with Gasteiger partial charge in [-0.1, -0.05) is 30.3 Å². The van der Waals surface area contributed by atoms with Gasteiger partial charge in [0.1, 0.15) is 0 Å². The largest absolute Gasteiger partial charge is 0.273 e. The molecule has 0 aliphatic heterocycles. The predicted octanol–water partition coefficient (Wildman–Crippen LogP) is 4.11. The van der Waals surface area contributed by atoms with Crippen molar-refractivity contribution in [1.29, 1.82) is 0 Å². The zero-order chi connectivity index (χ0) is 16.1. The lowest BCUT2D eigenvalue weighted by molar-refractivity contribution is -0.122. The van der Waals surface area contributed by atoms with Crippen LogP contribution in [0.25, 0.3) is 0 Å². The Labute approximate surface area is 143 Å². The quantitative estimate of drug-likeness (QED) is 0.836. The number of amides is 1. The average molecular weight is 322 g/mol. The van der Waals surface area contributed by atoms with Gasteiger partial charge in [-0.2, -0.15) is 5.10 Å². The summed E-state index contributed by atoms with van der Waals surface area (Å²) in [5.41, 5.74) is 5.52. The molecule has 0 heterocycles. The Morgan fingerprint density at radius 2 is 1.62 bits per heavy atom. The molecule has 1 aromatic rings. The molecular weight excluding hydrogens is 296 g/mol. The summed E-state index contributed by atoms with van der Waals surface area (Å²) >= 11 is 0. The van der Waals surface area contributed by atoms with Crippen LogP contribution < -0.4 is 5.43 Å². The van der Waals surface area contributed by atoms with E-state index in [0.29, 0.717) is 11.8 Å². The molecule has 1 aromatic carbocycles. The van der Waals surface area contributed by atoms with Crippen molar-refractivity contribution in [2.24, 2.45) is 34.7 Å². The number of hydrogen-bond acceptors (Lipinski definition) is 2. The maximum Gasteiger partial charge on any atom is 0.243 e. The Hall–Kier alpha value is -1.64. The van der Waals surface area contributed by atoms with Gasteiger partial charge in [-0.25, -0.2) is 5.43 Å². The summed E-state index contributed by atoms with van der Waals surface area (Å²) in [4.78, 5) is 12.5. The van der Waals surface area contributed by atoms with Crippen molar-refractivity contribution in [3.63, 3.8) is 0 Å². The van der Waals surface area contributed by atoms with Crippen molar-refractivity contribution in [3.05, 3.63) is 35.9 Å². The maximum absolute atomic E-state index is 12.5. The molecule has 3 heteroatoms. The summed E-state index contributed by atoms with van der Waals surface area (Å²) in [6.45, 7) is 0. The smallest absolute Gasteiger partial charge is 0.243 e. The third kappa shape index (κ3) is 2.68. The number of hydrazone groups is 1. The van der Waals surface area contributed by atoms with Gasteiger partial charge in [0.25, 0.3) is 0 Å². The number of nitrogens with zero attached hydrogens (tertiary/aromatic N) is 1. The van der Waals surface area contributed by atoms with Crippen LogP contribution in [0.1, 0.15) is 56.4 Å². The molecule has 1 N–H and O–H groups in total. The molecule has 5 saturated carbocycles. The first-order valence-corrected chi connectivity index (χ1v) is 9.67. The molecule has 5 fully saturated rings. The fraction of sp³-hybridized carbons (Fsp3) is 0.619. The highest BCUT2D eigenvalue weighted by atomic mass is 16.2. The fourth-order valence-electron chi connectivity index (χ4n) is 5.79. The molecule has 126 valence electrons. The van der Waals surface area contributed by atoms with Crippen LogP contribution in [0, 0.1) is 29.6 Å². The number of benzene rings is 1. The van der Waals surface area contributed by atoms with Crippen molar-refractivity contribution >= 4 is 11.6 Å². The summed E-state index contributed by atoms with van der Waals surface area (Å²) in [5.74, 6) is 3.98. The first-order chi connectivity index (χ1) is 11.8. The molecule has 24 heavy (non-hydrogen) atoms. The van der Waals surface area contributed by atoms with E-state index < -0.39 is 0 Å². The van der Waals surface area contributed by atoms with Gasteiger partial charge in [0.05, 0.1) is 0 Å². The molecule has 0 saturated heterocycles. The van der Waals surface area contributed by atoms with E-state index in [-0.39, 0.29) is 11.8 Å². The third-order valence-corrected chi connectivity index (χ3v) is 6.87. The molecule has 4 atom stereocenters. The number of carbonyl (C=O) groups is 1. The van der Waals surface area contributed by atoms with Crippen LogP contribution >= 0.6 is 0 Å². The van der Waals surface area contributed by atoms with Gasteiger partial charge in [0.15, 0.2) is 0 Å². The average Bonchev–Trinajstić information content (AvgIpc) is 3.40. The lowest BCUT2D eigenvalue weighted by atomic mass is 9.68. The number of hydrogen-bond donors (Lipinski definition) is 1. The van der Waals surface area contributed by atoms with Gasteiger partial charge in [-0.05, 0) is 80.1 Å². The molecule has 5 aliphatic carbocycles. The van der Waals surface area contributed by atoms with E-state index >= 15 is 0 Å². The predicted molar refractivity (Wildman–Crippen MR) is 94.5 cm³/mol. The first-order valence-electron chi connectivity index (χ1n) is 9.67. The molecule has 6 rings (SSSR count). The topological polar surface area (TPSA) is 41.5 Å². The summed E-state index contributed by atoms with van der Waals surface area (Å²) in [5, 5.41) is 4.65. The molecule has 0 unspecified atom stereocenters. The standard InChI is InChI=1S/C21H26N2O/c24-21(19-12-18(19)16-4-2-1-3-5-16)23-22-20-11-15-7-13-6-14(8-15)10-17(20)9-13/h1-5,13-15,17-19H,6-12H2,(H,23,24)/b22-20-/t13-,14-,15?,17?,18-,19+/m0/s1. The fourth-order valence-corrected chi connectivity index (χ4v) is 5.79. The Morgan fingerprint density at radius 3 is 2.38 bits per heavy atom. The number of nitrogens with one attached hydrogen (secondary N) is 1. The Bertz CT molecular complexity index is 654. The minimum atomic E-state index is 0.121. The van der Waals surface area contributed by atoms with Crippen molar-refractivity contribution < 1.29 is 4.79 Å². The number of fused-ring (bicyclic) bond motifs is 1. The van der Waals surface area contributed by atoms with Gasteiger partial charge >= 0.3 is 0 Å². The van der Waals surface area contributed by atoms with Gasteiger partial charge in [0, 0.05) is 11.6 Å². The highest BCUT2D eigenvalue weighted by Gasteiger charge is 2.45. The van der Waals surface area contributed by atoms with Crippen LogP contribution in [-0.4, -0.2) is 11.6 Å². The molecule has 3 nitrogen and oxygen atoms in total. The van der Waals surface area contributed by atoms with Crippen LogP contribution in [0.4, 0.5) is 0 Å². The molecular formula is C21H26N2O. The molecule has 1 amide bonds. The van der Waals surface area contributed by atoms with Crippen molar-refractivity contribution in [2.45, 2.75) is 50.9 Å². The van der Waals surface area contributed by atoms with Crippen LogP contribution in [0.3, 0.4) is 0 Å². The lowest BCUT2D eigenvalue weighted by Crippen LogP contribution is -2.29. The van der Waals surface area contributed by atoms with E-state index in [1.165, 1.54) is 43.4 Å². The summed E-state index contributed by atoms with van der Waals surface area (Å²) < 4.78 is 0. The van der Waals surface area contributed by atoms with Crippen molar-refractivity contribution in [3.8, 4) is 0 Å². The summed E-state index contributed by atoms with van der Waals surface area (Å²) in [6.07, 6.45) is 8.99. The number of carbonyl (C=O) groups excluding carboxylic acids is 1. The van der Waals surface area contributed by atoms with Crippen molar-refractivity contribution in [2.75, 3.05) is 0 Å².